The van der Waals surface area contributed by atoms with Gasteiger partial charge in [0.15, 0.2) is 0 Å². The first kappa shape index (κ1) is 23.9. The summed E-state index contributed by atoms with van der Waals surface area (Å²) in [6, 6.07) is 0. The highest BCUT2D eigenvalue weighted by Crippen LogP contribution is 2.59. The number of rotatable bonds is 6. The molecule has 2 aliphatic heterocycles. The lowest BCUT2D eigenvalue weighted by atomic mass is 10.0. The highest BCUT2D eigenvalue weighted by atomic mass is 32.2. The van der Waals surface area contributed by atoms with Crippen molar-refractivity contribution in [3.05, 3.63) is 0 Å². The molecule has 0 unspecified atom stereocenters. The van der Waals surface area contributed by atoms with Gasteiger partial charge in [0.2, 0.25) is 0 Å². The standard InChI is InChI=1S/C20H40OS4Si/c1-16(2)19(22-10-8-11-23-19)14-17(21)15-20(24-12-9-13-25-20)26(6,7)18(3,4)5/h16-17,21H,8-15H2,1-7H3/t17-/m0/s1. The van der Waals surface area contributed by atoms with Crippen LogP contribution in [0.15, 0.2) is 0 Å². The zero-order chi connectivity index (χ0) is 19.6. The Hall–Kier alpha value is 1.58. The first-order valence-corrected chi connectivity index (χ1v) is 17.1. The summed E-state index contributed by atoms with van der Waals surface area (Å²) in [4.78, 5) is 0. The van der Waals surface area contributed by atoms with E-state index in [9.17, 15) is 5.11 Å². The zero-order valence-corrected chi connectivity index (χ0v) is 22.2. The summed E-state index contributed by atoms with van der Waals surface area (Å²) < 4.78 is 0.474. The average Bonchev–Trinajstić information content (AvgIpc) is 2.55. The summed E-state index contributed by atoms with van der Waals surface area (Å²) in [6.45, 7) is 17.2. The van der Waals surface area contributed by atoms with E-state index in [1.54, 1.807) is 0 Å². The fourth-order valence-electron chi connectivity index (χ4n) is 3.87. The molecule has 0 spiro atoms. The van der Waals surface area contributed by atoms with Gasteiger partial charge in [0, 0.05) is 0 Å². The largest absolute Gasteiger partial charge is 0.393 e. The molecule has 2 saturated heterocycles. The molecule has 0 saturated carbocycles. The predicted molar refractivity (Wildman–Crippen MR) is 132 cm³/mol. The number of hydrogen-bond donors (Lipinski definition) is 1. The van der Waals surface area contributed by atoms with Crippen LogP contribution in [0, 0.1) is 5.92 Å². The highest BCUT2D eigenvalue weighted by Gasteiger charge is 2.55. The third-order valence-electron chi connectivity index (χ3n) is 6.67. The predicted octanol–water partition coefficient (Wildman–Crippen LogP) is 6.96. The van der Waals surface area contributed by atoms with E-state index < -0.39 is 8.07 Å². The van der Waals surface area contributed by atoms with Crippen molar-refractivity contribution >= 4 is 55.1 Å². The van der Waals surface area contributed by atoms with Crippen LogP contribution >= 0.6 is 47.0 Å². The summed E-state index contributed by atoms with van der Waals surface area (Å²) in [7, 11) is -1.58. The Morgan fingerprint density at radius 3 is 1.77 bits per heavy atom. The molecule has 2 fully saturated rings. The summed E-state index contributed by atoms with van der Waals surface area (Å²) in [5.74, 6) is 5.67. The number of hydrogen-bond acceptors (Lipinski definition) is 5. The number of aliphatic hydroxyl groups is 1. The van der Waals surface area contributed by atoms with Crippen LogP contribution in [0.2, 0.25) is 18.1 Å². The van der Waals surface area contributed by atoms with Crippen molar-refractivity contribution in [2.24, 2.45) is 5.92 Å². The van der Waals surface area contributed by atoms with E-state index in [2.05, 4.69) is 94.8 Å². The normalized spacial score (nSPS) is 25.3. The van der Waals surface area contributed by atoms with Crippen molar-refractivity contribution in [2.45, 2.75) is 92.3 Å². The Balaban J connectivity index is 2.20. The van der Waals surface area contributed by atoms with Gasteiger partial charge in [0.25, 0.3) is 0 Å². The quantitative estimate of drug-likeness (QED) is 0.438. The van der Waals surface area contributed by atoms with Crippen LogP contribution in [0.1, 0.15) is 60.3 Å². The Morgan fingerprint density at radius 2 is 1.35 bits per heavy atom. The average molecular weight is 453 g/mol. The van der Waals surface area contributed by atoms with Crippen LogP contribution in [0.25, 0.3) is 0 Å². The summed E-state index contributed by atoms with van der Waals surface area (Å²) in [5, 5.41) is 11.7. The van der Waals surface area contributed by atoms with Gasteiger partial charge in [-0.15, -0.1) is 47.0 Å². The zero-order valence-electron chi connectivity index (χ0n) is 17.9. The molecule has 6 heteroatoms. The molecule has 2 heterocycles. The molecular formula is C20H40OS4Si. The van der Waals surface area contributed by atoms with E-state index in [1.807, 2.05) is 0 Å². The highest BCUT2D eigenvalue weighted by molar-refractivity contribution is 8.21. The molecular weight excluding hydrogens is 413 g/mol. The maximum absolute atomic E-state index is 11.3. The van der Waals surface area contributed by atoms with Crippen LogP contribution in [0.4, 0.5) is 0 Å². The van der Waals surface area contributed by atoms with Gasteiger partial charge >= 0.3 is 0 Å². The molecule has 1 atom stereocenters. The van der Waals surface area contributed by atoms with Crippen molar-refractivity contribution in [3.63, 3.8) is 0 Å². The molecule has 0 aromatic heterocycles. The Morgan fingerprint density at radius 1 is 0.885 bits per heavy atom. The van der Waals surface area contributed by atoms with E-state index in [0.717, 1.165) is 12.8 Å². The van der Waals surface area contributed by atoms with Gasteiger partial charge in [-0.3, -0.25) is 0 Å². The van der Waals surface area contributed by atoms with E-state index >= 15 is 0 Å². The molecule has 0 radical (unpaired) electrons. The van der Waals surface area contributed by atoms with Crippen LogP contribution in [0.5, 0.6) is 0 Å². The van der Waals surface area contributed by atoms with Gasteiger partial charge in [-0.2, -0.15) is 0 Å². The van der Waals surface area contributed by atoms with Crippen molar-refractivity contribution in [1.29, 1.82) is 0 Å². The van der Waals surface area contributed by atoms with E-state index in [-0.39, 0.29) is 13.9 Å². The van der Waals surface area contributed by atoms with E-state index in [0.29, 0.717) is 11.0 Å². The van der Waals surface area contributed by atoms with Gasteiger partial charge in [-0.05, 0) is 59.7 Å². The van der Waals surface area contributed by atoms with Crippen LogP contribution in [-0.2, 0) is 0 Å². The maximum atomic E-state index is 11.3. The van der Waals surface area contributed by atoms with Crippen LogP contribution < -0.4 is 0 Å². The Kier molecular flexibility index (Phi) is 8.40. The second-order valence-corrected chi connectivity index (χ2v) is 22.2. The molecule has 2 rings (SSSR count). The minimum atomic E-state index is -1.58. The number of thioether (sulfide) groups is 4. The van der Waals surface area contributed by atoms with Gasteiger partial charge in [0.05, 0.1) is 22.0 Å². The molecule has 2 aliphatic rings. The minimum Gasteiger partial charge on any atom is -0.393 e. The fourth-order valence-corrected chi connectivity index (χ4v) is 17.5. The molecule has 0 aliphatic carbocycles. The molecule has 154 valence electrons. The van der Waals surface area contributed by atoms with Gasteiger partial charge in [-0.1, -0.05) is 47.7 Å². The molecule has 0 amide bonds. The monoisotopic (exact) mass is 452 g/mol. The number of aliphatic hydroxyl groups excluding tert-OH is 1. The second kappa shape index (κ2) is 9.16. The lowest BCUT2D eigenvalue weighted by Crippen LogP contribution is -2.58. The van der Waals surface area contributed by atoms with Crippen molar-refractivity contribution in [1.82, 2.24) is 0 Å². The van der Waals surface area contributed by atoms with E-state index in [1.165, 1.54) is 35.9 Å². The molecule has 1 N–H and O–H groups in total. The lowest BCUT2D eigenvalue weighted by Gasteiger charge is -2.54. The van der Waals surface area contributed by atoms with Crippen molar-refractivity contribution < 1.29 is 5.11 Å². The Labute approximate surface area is 180 Å². The molecule has 0 aromatic rings. The molecule has 26 heavy (non-hydrogen) atoms. The first-order valence-electron chi connectivity index (χ1n) is 10.2. The summed E-state index contributed by atoms with van der Waals surface area (Å²) in [6.07, 6.45) is 4.40. The molecule has 0 bridgehead atoms. The molecule has 0 aromatic carbocycles. The third kappa shape index (κ3) is 5.00. The van der Waals surface area contributed by atoms with Crippen LogP contribution in [-0.4, -0.2) is 50.1 Å². The van der Waals surface area contributed by atoms with E-state index in [4.69, 9.17) is 0 Å². The minimum absolute atomic E-state index is 0.178. The topological polar surface area (TPSA) is 20.2 Å². The SMILES string of the molecule is CC(C)C1(C[C@H](O)CC2([Si](C)(C)C(C)(C)C)SCCCS2)SCCCS1. The third-order valence-corrected chi connectivity index (χ3v) is 23.4. The van der Waals surface area contributed by atoms with Gasteiger partial charge < -0.3 is 5.11 Å². The first-order chi connectivity index (χ1) is 12.0. The van der Waals surface area contributed by atoms with Gasteiger partial charge in [-0.25, -0.2) is 0 Å². The van der Waals surface area contributed by atoms with Crippen molar-refractivity contribution in [3.8, 4) is 0 Å². The Bertz CT molecular complexity index is 449. The summed E-state index contributed by atoms with van der Waals surface area (Å²) in [5.41, 5.74) is 0. The smallest absolute Gasteiger partial charge is 0.0836 e. The molecule has 1 nitrogen and oxygen atoms in total. The fraction of sp³-hybridized carbons (Fsp3) is 1.00. The van der Waals surface area contributed by atoms with Crippen LogP contribution in [0.3, 0.4) is 0 Å². The second-order valence-electron chi connectivity index (χ2n) is 9.76. The van der Waals surface area contributed by atoms with Gasteiger partial charge in [0.1, 0.15) is 0 Å². The lowest BCUT2D eigenvalue weighted by molar-refractivity contribution is 0.146. The maximum Gasteiger partial charge on any atom is 0.0836 e. The van der Waals surface area contributed by atoms with Crippen molar-refractivity contribution in [2.75, 3.05) is 23.0 Å². The summed E-state index contributed by atoms with van der Waals surface area (Å²) >= 11 is 8.63.